The molecule has 9 heteroatoms. The standard InChI is InChI=1S/C22H20Cl2N2O4S/c1-14-9-15(2)11-17(10-14)26-31(28,29)19-6-4-18(5-7-19)30-13-22(27)25-16-3-8-20(23)21(24)12-16/h3-12,26H,13H2,1-2H3,(H,25,27). The number of hydrogen-bond acceptors (Lipinski definition) is 4. The van der Waals surface area contributed by atoms with Gasteiger partial charge in [-0.05, 0) is 79.6 Å². The number of carbonyl (C=O) groups excluding carboxylic acids is 1. The van der Waals surface area contributed by atoms with Gasteiger partial charge in [0.2, 0.25) is 0 Å². The fourth-order valence-electron chi connectivity index (χ4n) is 2.88. The average Bonchev–Trinajstić information content (AvgIpc) is 2.68. The van der Waals surface area contributed by atoms with Gasteiger partial charge in [-0.25, -0.2) is 8.42 Å². The molecule has 0 radical (unpaired) electrons. The Morgan fingerprint density at radius 3 is 2.13 bits per heavy atom. The molecule has 2 N–H and O–H groups in total. The third kappa shape index (κ3) is 6.37. The first-order chi connectivity index (χ1) is 14.6. The molecule has 6 nitrogen and oxygen atoms in total. The molecule has 31 heavy (non-hydrogen) atoms. The van der Waals surface area contributed by atoms with Gasteiger partial charge < -0.3 is 10.1 Å². The molecule has 3 aromatic rings. The zero-order valence-corrected chi connectivity index (χ0v) is 19.1. The Kier molecular flexibility index (Phi) is 7.10. The molecule has 0 saturated heterocycles. The van der Waals surface area contributed by atoms with Gasteiger partial charge >= 0.3 is 0 Å². The summed E-state index contributed by atoms with van der Waals surface area (Å²) >= 11 is 11.8. The van der Waals surface area contributed by atoms with Crippen molar-refractivity contribution in [3.63, 3.8) is 0 Å². The van der Waals surface area contributed by atoms with Crippen molar-refractivity contribution in [2.45, 2.75) is 18.7 Å². The van der Waals surface area contributed by atoms with Crippen LogP contribution in [0.2, 0.25) is 10.0 Å². The highest BCUT2D eigenvalue weighted by Crippen LogP contribution is 2.25. The first-order valence-corrected chi connectivity index (χ1v) is 11.5. The van der Waals surface area contributed by atoms with Gasteiger partial charge in [0.25, 0.3) is 15.9 Å². The van der Waals surface area contributed by atoms with Gasteiger partial charge in [-0.3, -0.25) is 9.52 Å². The zero-order valence-electron chi connectivity index (χ0n) is 16.8. The van der Waals surface area contributed by atoms with Crippen molar-refractivity contribution < 1.29 is 17.9 Å². The molecule has 0 aliphatic heterocycles. The fraction of sp³-hybridized carbons (Fsp3) is 0.136. The molecule has 0 fully saturated rings. The lowest BCUT2D eigenvalue weighted by atomic mass is 10.1. The highest BCUT2D eigenvalue weighted by Gasteiger charge is 2.15. The van der Waals surface area contributed by atoms with E-state index in [2.05, 4.69) is 10.0 Å². The molecule has 0 heterocycles. The van der Waals surface area contributed by atoms with Crippen LogP contribution in [0.5, 0.6) is 5.75 Å². The molecule has 0 aliphatic carbocycles. The van der Waals surface area contributed by atoms with E-state index in [9.17, 15) is 13.2 Å². The van der Waals surface area contributed by atoms with E-state index >= 15 is 0 Å². The van der Waals surface area contributed by atoms with Gasteiger partial charge in [0.05, 0.1) is 14.9 Å². The van der Waals surface area contributed by atoms with Crippen LogP contribution in [-0.4, -0.2) is 20.9 Å². The maximum absolute atomic E-state index is 12.6. The SMILES string of the molecule is Cc1cc(C)cc(NS(=O)(=O)c2ccc(OCC(=O)Nc3ccc(Cl)c(Cl)c3)cc2)c1. The smallest absolute Gasteiger partial charge is 0.262 e. The molecule has 0 spiro atoms. The monoisotopic (exact) mass is 478 g/mol. The summed E-state index contributed by atoms with van der Waals surface area (Å²) in [5, 5.41) is 3.35. The number of hydrogen-bond donors (Lipinski definition) is 2. The van der Waals surface area contributed by atoms with Crippen molar-refractivity contribution >= 4 is 50.5 Å². The predicted octanol–water partition coefficient (Wildman–Crippen LogP) is 5.43. The van der Waals surface area contributed by atoms with Crippen LogP contribution < -0.4 is 14.8 Å². The summed E-state index contributed by atoms with van der Waals surface area (Å²) in [4.78, 5) is 12.1. The first kappa shape index (κ1) is 22.9. The van der Waals surface area contributed by atoms with Crippen molar-refractivity contribution in [2.24, 2.45) is 0 Å². The number of benzene rings is 3. The van der Waals surface area contributed by atoms with Crippen molar-refractivity contribution in [1.82, 2.24) is 0 Å². The van der Waals surface area contributed by atoms with E-state index < -0.39 is 15.9 Å². The van der Waals surface area contributed by atoms with Crippen LogP contribution in [0.4, 0.5) is 11.4 Å². The molecule has 3 aromatic carbocycles. The minimum Gasteiger partial charge on any atom is -0.484 e. The van der Waals surface area contributed by atoms with Gasteiger partial charge in [0.15, 0.2) is 6.61 Å². The molecule has 0 atom stereocenters. The van der Waals surface area contributed by atoms with E-state index in [-0.39, 0.29) is 11.5 Å². The summed E-state index contributed by atoms with van der Waals surface area (Å²) in [6.07, 6.45) is 0. The van der Waals surface area contributed by atoms with Crippen molar-refractivity contribution in [1.29, 1.82) is 0 Å². The molecule has 0 unspecified atom stereocenters. The Hall–Kier alpha value is -2.74. The van der Waals surface area contributed by atoms with Crippen LogP contribution in [0.3, 0.4) is 0 Å². The number of ether oxygens (including phenoxy) is 1. The largest absolute Gasteiger partial charge is 0.484 e. The van der Waals surface area contributed by atoms with Crippen molar-refractivity contribution in [3.05, 3.63) is 81.8 Å². The number of rotatable bonds is 7. The molecule has 1 amide bonds. The van der Waals surface area contributed by atoms with Crippen LogP contribution in [0.25, 0.3) is 0 Å². The highest BCUT2D eigenvalue weighted by molar-refractivity contribution is 7.92. The Balaban J connectivity index is 1.60. The number of nitrogens with one attached hydrogen (secondary N) is 2. The Morgan fingerprint density at radius 1 is 0.871 bits per heavy atom. The zero-order chi connectivity index (χ0) is 22.6. The van der Waals surface area contributed by atoms with Crippen molar-refractivity contribution in [2.75, 3.05) is 16.6 Å². The Labute approximate surface area is 191 Å². The average molecular weight is 479 g/mol. The number of sulfonamides is 1. The summed E-state index contributed by atoms with van der Waals surface area (Å²) in [5.41, 5.74) is 2.90. The van der Waals surface area contributed by atoms with Crippen LogP contribution in [0, 0.1) is 13.8 Å². The van der Waals surface area contributed by atoms with E-state index in [1.54, 1.807) is 24.3 Å². The maximum atomic E-state index is 12.6. The molecular formula is C22H20Cl2N2O4S. The normalized spacial score (nSPS) is 11.1. The van der Waals surface area contributed by atoms with Gasteiger partial charge in [0, 0.05) is 11.4 Å². The Bertz CT molecular complexity index is 1190. The summed E-state index contributed by atoms with van der Waals surface area (Å²) in [6, 6.07) is 16.0. The van der Waals surface area contributed by atoms with Crippen LogP contribution in [0.15, 0.2) is 65.6 Å². The van der Waals surface area contributed by atoms with Gasteiger partial charge in [0.1, 0.15) is 5.75 Å². The van der Waals surface area contributed by atoms with Crippen LogP contribution in [0.1, 0.15) is 11.1 Å². The lowest BCUT2D eigenvalue weighted by Gasteiger charge is -2.11. The van der Waals surface area contributed by atoms with Gasteiger partial charge in [-0.1, -0.05) is 29.3 Å². The third-order valence-electron chi connectivity index (χ3n) is 4.18. The summed E-state index contributed by atoms with van der Waals surface area (Å²) < 4.78 is 33.2. The number of aryl methyl sites for hydroxylation is 2. The number of halogens is 2. The topological polar surface area (TPSA) is 84.5 Å². The first-order valence-electron chi connectivity index (χ1n) is 9.21. The summed E-state index contributed by atoms with van der Waals surface area (Å²) in [5.74, 6) is -0.0405. The van der Waals surface area contributed by atoms with Crippen LogP contribution in [-0.2, 0) is 14.8 Å². The van der Waals surface area contributed by atoms with Crippen LogP contribution >= 0.6 is 23.2 Å². The third-order valence-corrected chi connectivity index (χ3v) is 6.32. The summed E-state index contributed by atoms with van der Waals surface area (Å²) in [6.45, 7) is 3.54. The molecule has 0 aliphatic rings. The van der Waals surface area contributed by atoms with Crippen molar-refractivity contribution in [3.8, 4) is 5.75 Å². The van der Waals surface area contributed by atoms with Gasteiger partial charge in [-0.2, -0.15) is 0 Å². The number of anilines is 2. The molecular weight excluding hydrogens is 459 g/mol. The second-order valence-electron chi connectivity index (χ2n) is 6.92. The second kappa shape index (κ2) is 9.60. The summed E-state index contributed by atoms with van der Waals surface area (Å²) in [7, 11) is -3.75. The molecule has 0 saturated carbocycles. The van der Waals surface area contributed by atoms with E-state index in [1.807, 2.05) is 19.9 Å². The number of amides is 1. The lowest BCUT2D eigenvalue weighted by Crippen LogP contribution is -2.20. The minimum atomic E-state index is -3.75. The molecule has 0 bridgehead atoms. The van der Waals surface area contributed by atoms with E-state index in [0.29, 0.717) is 27.2 Å². The highest BCUT2D eigenvalue weighted by atomic mass is 35.5. The molecule has 3 rings (SSSR count). The second-order valence-corrected chi connectivity index (χ2v) is 9.42. The van der Waals surface area contributed by atoms with Gasteiger partial charge in [-0.15, -0.1) is 0 Å². The Morgan fingerprint density at radius 2 is 1.52 bits per heavy atom. The van der Waals surface area contributed by atoms with E-state index in [1.165, 1.54) is 30.3 Å². The molecule has 162 valence electrons. The fourth-order valence-corrected chi connectivity index (χ4v) is 4.22. The molecule has 0 aromatic heterocycles. The predicted molar refractivity (Wildman–Crippen MR) is 124 cm³/mol. The van der Waals surface area contributed by atoms with E-state index in [4.69, 9.17) is 27.9 Å². The number of carbonyl (C=O) groups is 1. The maximum Gasteiger partial charge on any atom is 0.262 e. The quantitative estimate of drug-likeness (QED) is 0.474. The van der Waals surface area contributed by atoms with E-state index in [0.717, 1.165) is 11.1 Å². The lowest BCUT2D eigenvalue weighted by molar-refractivity contribution is -0.118. The minimum absolute atomic E-state index is 0.0827.